The van der Waals surface area contributed by atoms with Gasteiger partial charge in [-0.05, 0) is 30.5 Å². The minimum Gasteiger partial charge on any atom is -0.494 e. The topological polar surface area (TPSA) is 75.6 Å². The second kappa shape index (κ2) is 7.53. The maximum absolute atomic E-state index is 12.1. The first-order valence-electron chi connectivity index (χ1n) is 6.72. The molecular weight excluding hydrogens is 258 g/mol. The Balaban J connectivity index is 2.78. The smallest absolute Gasteiger partial charge is 0.326 e. The lowest BCUT2D eigenvalue weighted by Crippen LogP contribution is -2.44. The van der Waals surface area contributed by atoms with Crippen molar-refractivity contribution in [1.82, 2.24) is 5.32 Å². The summed E-state index contributed by atoms with van der Waals surface area (Å²) in [4.78, 5) is 23.1. The van der Waals surface area contributed by atoms with Gasteiger partial charge in [0.2, 0.25) is 0 Å². The van der Waals surface area contributed by atoms with Crippen molar-refractivity contribution in [3.63, 3.8) is 0 Å². The fourth-order valence-corrected chi connectivity index (χ4v) is 1.69. The van der Waals surface area contributed by atoms with Crippen molar-refractivity contribution < 1.29 is 19.4 Å². The number of hydrogen-bond acceptors (Lipinski definition) is 3. The van der Waals surface area contributed by atoms with Gasteiger partial charge in [0.1, 0.15) is 11.8 Å². The number of aliphatic carboxylic acids is 1. The van der Waals surface area contributed by atoms with Crippen LogP contribution in [0.4, 0.5) is 0 Å². The molecule has 1 atom stereocenters. The number of carbonyl (C=O) groups excluding carboxylic acids is 1. The molecule has 0 bridgehead atoms. The summed E-state index contributed by atoms with van der Waals surface area (Å²) in [6.45, 7) is 6.07. The molecular formula is C15H21NO4. The van der Waals surface area contributed by atoms with Crippen LogP contribution in [-0.2, 0) is 4.79 Å². The molecule has 0 saturated carbocycles. The number of ether oxygens (including phenoxy) is 1. The van der Waals surface area contributed by atoms with Gasteiger partial charge in [0.25, 0.3) is 5.91 Å². The lowest BCUT2D eigenvalue weighted by Gasteiger charge is -2.18. The van der Waals surface area contributed by atoms with Crippen LogP contribution in [0.3, 0.4) is 0 Å². The highest BCUT2D eigenvalue weighted by Gasteiger charge is 2.23. The molecule has 5 heteroatoms. The molecule has 0 unspecified atom stereocenters. The van der Waals surface area contributed by atoms with Gasteiger partial charge in [-0.1, -0.05) is 26.8 Å². The first kappa shape index (κ1) is 16.0. The van der Waals surface area contributed by atoms with Gasteiger partial charge in [0.05, 0.1) is 6.61 Å². The van der Waals surface area contributed by atoms with E-state index in [0.717, 1.165) is 6.42 Å². The zero-order valence-corrected chi connectivity index (χ0v) is 12.1. The standard InChI is InChI=1S/C15H21NO4/c1-4-8-20-12-7-5-6-11(9-12)14(17)16-13(10(2)3)15(18)19/h5-7,9-10,13H,4,8H2,1-3H3,(H,16,17)(H,18,19)/t13-/m1/s1. The summed E-state index contributed by atoms with van der Waals surface area (Å²) in [5, 5.41) is 11.6. The van der Waals surface area contributed by atoms with E-state index in [1.54, 1.807) is 38.1 Å². The second-order valence-corrected chi connectivity index (χ2v) is 4.91. The van der Waals surface area contributed by atoms with Gasteiger partial charge < -0.3 is 15.2 Å². The predicted molar refractivity (Wildman–Crippen MR) is 76.0 cm³/mol. The van der Waals surface area contributed by atoms with Crippen molar-refractivity contribution in [3.8, 4) is 5.75 Å². The third kappa shape index (κ3) is 4.57. The van der Waals surface area contributed by atoms with Crippen molar-refractivity contribution in [3.05, 3.63) is 29.8 Å². The Kier molecular flexibility index (Phi) is 6.03. The molecule has 0 fully saturated rings. The van der Waals surface area contributed by atoms with Gasteiger partial charge in [0, 0.05) is 5.56 Å². The van der Waals surface area contributed by atoms with E-state index in [-0.39, 0.29) is 5.92 Å². The molecule has 1 aromatic rings. The number of carboxylic acid groups (broad SMARTS) is 1. The summed E-state index contributed by atoms with van der Waals surface area (Å²) in [6, 6.07) is 5.83. The molecule has 1 aromatic carbocycles. The first-order valence-corrected chi connectivity index (χ1v) is 6.72. The SMILES string of the molecule is CCCOc1cccc(C(=O)N[C@@H](C(=O)O)C(C)C)c1. The third-order valence-electron chi connectivity index (χ3n) is 2.79. The highest BCUT2D eigenvalue weighted by Crippen LogP contribution is 2.14. The average molecular weight is 279 g/mol. The van der Waals surface area contributed by atoms with Crippen molar-refractivity contribution in [2.75, 3.05) is 6.61 Å². The number of benzene rings is 1. The van der Waals surface area contributed by atoms with Gasteiger partial charge in [-0.3, -0.25) is 4.79 Å². The fourth-order valence-electron chi connectivity index (χ4n) is 1.69. The van der Waals surface area contributed by atoms with Crippen LogP contribution in [0.25, 0.3) is 0 Å². The summed E-state index contributed by atoms with van der Waals surface area (Å²) in [7, 11) is 0. The molecule has 0 heterocycles. The fraction of sp³-hybridized carbons (Fsp3) is 0.467. The normalized spacial score (nSPS) is 12.0. The van der Waals surface area contributed by atoms with Crippen LogP contribution >= 0.6 is 0 Å². The third-order valence-corrected chi connectivity index (χ3v) is 2.79. The summed E-state index contributed by atoms with van der Waals surface area (Å²) in [5.41, 5.74) is 0.394. The van der Waals surface area contributed by atoms with Crippen LogP contribution in [0.2, 0.25) is 0 Å². The number of amides is 1. The van der Waals surface area contributed by atoms with Gasteiger partial charge in [0.15, 0.2) is 0 Å². The van der Waals surface area contributed by atoms with E-state index in [1.807, 2.05) is 6.92 Å². The molecule has 2 N–H and O–H groups in total. The quantitative estimate of drug-likeness (QED) is 0.803. The zero-order chi connectivity index (χ0) is 15.1. The molecule has 0 saturated heterocycles. The minimum atomic E-state index is -1.04. The lowest BCUT2D eigenvalue weighted by molar-refractivity contribution is -0.140. The van der Waals surface area contributed by atoms with E-state index in [2.05, 4.69) is 5.32 Å². The van der Waals surface area contributed by atoms with Crippen LogP contribution in [0.1, 0.15) is 37.6 Å². The molecule has 0 aliphatic heterocycles. The van der Waals surface area contributed by atoms with Gasteiger partial charge in [-0.2, -0.15) is 0 Å². The maximum atomic E-state index is 12.1. The van der Waals surface area contributed by atoms with Crippen LogP contribution in [0, 0.1) is 5.92 Å². The first-order chi connectivity index (χ1) is 9.45. The van der Waals surface area contributed by atoms with Crippen molar-refractivity contribution in [2.24, 2.45) is 5.92 Å². The Hall–Kier alpha value is -2.04. The summed E-state index contributed by atoms with van der Waals surface area (Å²) in [5.74, 6) is -1.02. The van der Waals surface area contributed by atoms with E-state index >= 15 is 0 Å². The monoisotopic (exact) mass is 279 g/mol. The van der Waals surface area contributed by atoms with Crippen molar-refractivity contribution in [1.29, 1.82) is 0 Å². The molecule has 20 heavy (non-hydrogen) atoms. The lowest BCUT2D eigenvalue weighted by atomic mass is 10.0. The van der Waals surface area contributed by atoms with Gasteiger partial charge in [-0.15, -0.1) is 0 Å². The number of carbonyl (C=O) groups is 2. The van der Waals surface area contributed by atoms with E-state index < -0.39 is 17.9 Å². The van der Waals surface area contributed by atoms with Crippen LogP contribution in [0.5, 0.6) is 5.75 Å². The number of nitrogens with one attached hydrogen (secondary N) is 1. The number of rotatable bonds is 7. The molecule has 110 valence electrons. The number of carboxylic acids is 1. The van der Waals surface area contributed by atoms with Crippen LogP contribution in [-0.4, -0.2) is 29.6 Å². The van der Waals surface area contributed by atoms with E-state index in [9.17, 15) is 9.59 Å². The molecule has 5 nitrogen and oxygen atoms in total. The Labute approximate surface area is 118 Å². The van der Waals surface area contributed by atoms with Gasteiger partial charge in [-0.25, -0.2) is 4.79 Å². The minimum absolute atomic E-state index is 0.184. The molecule has 0 aliphatic rings. The van der Waals surface area contributed by atoms with Crippen LogP contribution in [0.15, 0.2) is 24.3 Å². The van der Waals surface area contributed by atoms with Crippen LogP contribution < -0.4 is 10.1 Å². The second-order valence-electron chi connectivity index (χ2n) is 4.91. The van der Waals surface area contributed by atoms with Gasteiger partial charge >= 0.3 is 5.97 Å². The molecule has 1 amide bonds. The van der Waals surface area contributed by atoms with E-state index in [1.165, 1.54) is 0 Å². The molecule has 0 radical (unpaired) electrons. The maximum Gasteiger partial charge on any atom is 0.326 e. The predicted octanol–water partition coefficient (Wildman–Crippen LogP) is 2.31. The largest absolute Gasteiger partial charge is 0.494 e. The van der Waals surface area contributed by atoms with Crippen molar-refractivity contribution in [2.45, 2.75) is 33.2 Å². The van der Waals surface area contributed by atoms with Crippen molar-refractivity contribution >= 4 is 11.9 Å². The molecule has 1 rings (SSSR count). The highest BCUT2D eigenvalue weighted by molar-refractivity contribution is 5.96. The summed E-state index contributed by atoms with van der Waals surface area (Å²) >= 11 is 0. The van der Waals surface area contributed by atoms with E-state index in [4.69, 9.17) is 9.84 Å². The van der Waals surface area contributed by atoms with E-state index in [0.29, 0.717) is 17.9 Å². The summed E-state index contributed by atoms with van der Waals surface area (Å²) in [6.07, 6.45) is 0.880. The Morgan fingerprint density at radius 3 is 2.60 bits per heavy atom. The highest BCUT2D eigenvalue weighted by atomic mass is 16.5. The Bertz CT molecular complexity index is 471. The molecule has 0 spiro atoms. The Morgan fingerprint density at radius 2 is 2.05 bits per heavy atom. The summed E-state index contributed by atoms with van der Waals surface area (Å²) < 4.78 is 5.45. The average Bonchev–Trinajstić information content (AvgIpc) is 2.41. The zero-order valence-electron chi connectivity index (χ0n) is 12.1. The Morgan fingerprint density at radius 1 is 1.35 bits per heavy atom. The molecule has 0 aliphatic carbocycles. The number of hydrogen-bond donors (Lipinski definition) is 2. The molecule has 0 aromatic heterocycles.